The standard InChI is InChI=1S/C32H46FN5O6/c1-6-21(4)30(31(34)40)36-32(41)26(20(2)3)17-28(39)27(37-38-35)19-43-18-22-8-13-25(23-9-11-24(33)12-10-23)29(16-22)44-15-7-14-42-5/h8-13,16,20-21,26-28,30,39H,6-7,14-15,17-19H2,1-5H3,(H2,34,40)(H,36,41)/t21-,26-,27-,28-,30-/m0/s1. The number of ether oxygens (including phenoxy) is 3. The summed E-state index contributed by atoms with van der Waals surface area (Å²) in [4.78, 5) is 27.9. The summed E-state index contributed by atoms with van der Waals surface area (Å²) in [5.74, 6) is -1.75. The van der Waals surface area contributed by atoms with Crippen LogP contribution in [-0.2, 0) is 25.7 Å². The first-order chi connectivity index (χ1) is 21.0. The Morgan fingerprint density at radius 3 is 2.43 bits per heavy atom. The lowest BCUT2D eigenvalue weighted by Crippen LogP contribution is -2.51. The Labute approximate surface area is 258 Å². The van der Waals surface area contributed by atoms with Crippen molar-refractivity contribution in [1.29, 1.82) is 0 Å². The number of nitrogens with one attached hydrogen (secondary N) is 1. The fourth-order valence-corrected chi connectivity index (χ4v) is 4.70. The molecule has 0 spiro atoms. The van der Waals surface area contributed by atoms with E-state index in [0.717, 1.165) is 16.7 Å². The summed E-state index contributed by atoms with van der Waals surface area (Å²) in [6, 6.07) is 9.89. The predicted molar refractivity (Wildman–Crippen MR) is 166 cm³/mol. The number of benzene rings is 2. The van der Waals surface area contributed by atoms with Gasteiger partial charge in [-0.3, -0.25) is 9.59 Å². The number of nitrogens with two attached hydrogens (primary N) is 1. The number of aliphatic hydroxyl groups is 1. The fraction of sp³-hybridized carbons (Fsp3) is 0.562. The molecule has 0 aliphatic carbocycles. The summed E-state index contributed by atoms with van der Waals surface area (Å²) < 4.78 is 30.5. The van der Waals surface area contributed by atoms with Crippen molar-refractivity contribution >= 4 is 11.8 Å². The lowest BCUT2D eigenvalue weighted by molar-refractivity contribution is -0.132. The van der Waals surface area contributed by atoms with Gasteiger partial charge in [-0.25, -0.2) is 4.39 Å². The first kappa shape index (κ1) is 36.5. The highest BCUT2D eigenvalue weighted by Crippen LogP contribution is 2.32. The van der Waals surface area contributed by atoms with Crippen molar-refractivity contribution in [3.05, 3.63) is 64.3 Å². The van der Waals surface area contributed by atoms with Crippen LogP contribution in [0.25, 0.3) is 21.6 Å². The van der Waals surface area contributed by atoms with E-state index in [1.165, 1.54) is 12.1 Å². The number of methoxy groups -OCH3 is 1. The number of halogens is 1. The van der Waals surface area contributed by atoms with Crippen molar-refractivity contribution in [1.82, 2.24) is 5.32 Å². The first-order valence-electron chi connectivity index (χ1n) is 14.9. The normalized spacial score (nSPS) is 14.6. The second kappa shape index (κ2) is 18.9. The minimum atomic E-state index is -1.18. The van der Waals surface area contributed by atoms with Crippen LogP contribution in [-0.4, -0.2) is 62.0 Å². The molecule has 11 nitrogen and oxygen atoms in total. The Balaban J connectivity index is 2.12. The zero-order chi connectivity index (χ0) is 32.6. The van der Waals surface area contributed by atoms with Gasteiger partial charge in [0.25, 0.3) is 0 Å². The molecule has 2 aromatic rings. The average Bonchev–Trinajstić information content (AvgIpc) is 3.00. The molecule has 2 amide bonds. The van der Waals surface area contributed by atoms with Crippen LogP contribution in [0.15, 0.2) is 47.6 Å². The Bertz CT molecular complexity index is 1240. The molecule has 2 aromatic carbocycles. The smallest absolute Gasteiger partial charge is 0.240 e. The van der Waals surface area contributed by atoms with Crippen LogP contribution >= 0.6 is 0 Å². The number of azide groups is 1. The van der Waals surface area contributed by atoms with Gasteiger partial charge in [-0.05, 0) is 53.1 Å². The monoisotopic (exact) mass is 615 g/mol. The molecule has 0 aromatic heterocycles. The summed E-state index contributed by atoms with van der Waals surface area (Å²) in [6.45, 7) is 8.39. The fourth-order valence-electron chi connectivity index (χ4n) is 4.70. The Morgan fingerprint density at radius 2 is 1.84 bits per heavy atom. The molecule has 0 bridgehead atoms. The third-order valence-corrected chi connectivity index (χ3v) is 7.61. The number of primary amides is 1. The molecule has 0 saturated carbocycles. The minimum Gasteiger partial charge on any atom is -0.493 e. The highest BCUT2D eigenvalue weighted by molar-refractivity contribution is 5.87. The largest absolute Gasteiger partial charge is 0.493 e. The molecule has 0 unspecified atom stereocenters. The quantitative estimate of drug-likeness (QED) is 0.0806. The predicted octanol–water partition coefficient (Wildman–Crippen LogP) is 5.14. The molecule has 5 atom stereocenters. The number of hydrogen-bond acceptors (Lipinski definition) is 7. The van der Waals surface area contributed by atoms with Crippen LogP contribution in [0.1, 0.15) is 52.5 Å². The summed E-state index contributed by atoms with van der Waals surface area (Å²) in [6.07, 6.45) is 0.145. The molecule has 44 heavy (non-hydrogen) atoms. The molecule has 12 heteroatoms. The van der Waals surface area contributed by atoms with E-state index in [9.17, 15) is 19.1 Å². The van der Waals surface area contributed by atoms with E-state index in [0.29, 0.717) is 31.8 Å². The molecule has 242 valence electrons. The van der Waals surface area contributed by atoms with Gasteiger partial charge in [-0.15, -0.1) is 0 Å². The van der Waals surface area contributed by atoms with Crippen molar-refractivity contribution in [2.45, 2.75) is 71.8 Å². The molecule has 4 N–H and O–H groups in total. The van der Waals surface area contributed by atoms with E-state index in [2.05, 4.69) is 15.3 Å². The number of carbonyl (C=O) groups excluding carboxylic acids is 2. The number of hydrogen-bond donors (Lipinski definition) is 3. The third-order valence-electron chi connectivity index (χ3n) is 7.61. The van der Waals surface area contributed by atoms with Crippen LogP contribution in [0.5, 0.6) is 5.75 Å². The Kier molecular flexibility index (Phi) is 15.6. The maximum absolute atomic E-state index is 13.5. The maximum atomic E-state index is 13.5. The highest BCUT2D eigenvalue weighted by Gasteiger charge is 2.32. The van der Waals surface area contributed by atoms with Crippen molar-refractivity contribution in [2.24, 2.45) is 28.6 Å². The molecule has 0 heterocycles. The number of aliphatic hydroxyl groups excluding tert-OH is 1. The summed E-state index contributed by atoms with van der Waals surface area (Å²) >= 11 is 0. The van der Waals surface area contributed by atoms with Gasteiger partial charge in [-0.2, -0.15) is 0 Å². The number of rotatable bonds is 20. The second-order valence-electron chi connectivity index (χ2n) is 11.2. The first-order valence-corrected chi connectivity index (χ1v) is 14.9. The van der Waals surface area contributed by atoms with E-state index < -0.39 is 35.9 Å². The lowest BCUT2D eigenvalue weighted by Gasteiger charge is -2.28. The molecular formula is C32H46FN5O6. The molecule has 0 saturated heterocycles. The number of amides is 2. The van der Waals surface area contributed by atoms with E-state index in [1.807, 2.05) is 45.9 Å². The van der Waals surface area contributed by atoms with E-state index >= 15 is 0 Å². The molecule has 0 aliphatic heterocycles. The van der Waals surface area contributed by atoms with Crippen LogP contribution < -0.4 is 15.8 Å². The van der Waals surface area contributed by atoms with Crippen molar-refractivity contribution in [3.63, 3.8) is 0 Å². The van der Waals surface area contributed by atoms with Crippen LogP contribution in [0, 0.1) is 23.6 Å². The van der Waals surface area contributed by atoms with Crippen molar-refractivity contribution in [3.8, 4) is 16.9 Å². The molecule has 0 radical (unpaired) electrons. The average molecular weight is 616 g/mol. The van der Waals surface area contributed by atoms with Crippen LogP contribution in [0.4, 0.5) is 4.39 Å². The SMILES string of the molecule is CC[C@H](C)[C@H](NC(=O)[C@@H](C[C@H](O)[C@H](COCc1ccc(-c2ccc(F)cc2)c(OCCCOC)c1)N=[N+]=[N-])C(C)C)C(N)=O. The van der Waals surface area contributed by atoms with Gasteiger partial charge in [0, 0.05) is 36.5 Å². The van der Waals surface area contributed by atoms with Gasteiger partial charge >= 0.3 is 0 Å². The van der Waals surface area contributed by atoms with E-state index in [4.69, 9.17) is 25.5 Å². The van der Waals surface area contributed by atoms with Gasteiger partial charge in [-0.1, -0.05) is 63.5 Å². The van der Waals surface area contributed by atoms with Gasteiger partial charge in [0.15, 0.2) is 0 Å². The van der Waals surface area contributed by atoms with E-state index in [-0.39, 0.29) is 37.3 Å². The van der Waals surface area contributed by atoms with Crippen LogP contribution in [0.2, 0.25) is 0 Å². The highest BCUT2D eigenvalue weighted by atomic mass is 19.1. The molecule has 2 rings (SSSR count). The second-order valence-corrected chi connectivity index (χ2v) is 11.2. The lowest BCUT2D eigenvalue weighted by atomic mass is 9.86. The number of carbonyl (C=O) groups is 2. The number of nitrogens with zero attached hydrogens (tertiary/aromatic N) is 3. The third kappa shape index (κ3) is 11.4. The van der Waals surface area contributed by atoms with Gasteiger partial charge < -0.3 is 30.4 Å². The van der Waals surface area contributed by atoms with Crippen molar-refractivity contribution in [2.75, 3.05) is 26.9 Å². The summed E-state index contributed by atoms with van der Waals surface area (Å²) in [5.41, 5.74) is 17.0. The van der Waals surface area contributed by atoms with Crippen molar-refractivity contribution < 1.29 is 33.3 Å². The van der Waals surface area contributed by atoms with Crippen LogP contribution in [0.3, 0.4) is 0 Å². The van der Waals surface area contributed by atoms with E-state index in [1.54, 1.807) is 19.2 Å². The topological polar surface area (TPSA) is 169 Å². The summed E-state index contributed by atoms with van der Waals surface area (Å²) in [5, 5.41) is 17.5. The minimum absolute atomic E-state index is 0.00559. The molecule has 0 fully saturated rings. The van der Waals surface area contributed by atoms with Gasteiger partial charge in [0.2, 0.25) is 11.8 Å². The zero-order valence-electron chi connectivity index (χ0n) is 26.2. The Morgan fingerprint density at radius 1 is 1.14 bits per heavy atom. The maximum Gasteiger partial charge on any atom is 0.240 e. The Hall–Kier alpha value is -3.70. The van der Waals surface area contributed by atoms with Gasteiger partial charge in [0.05, 0.1) is 32.0 Å². The zero-order valence-corrected chi connectivity index (χ0v) is 26.2. The molecule has 0 aliphatic rings. The summed E-state index contributed by atoms with van der Waals surface area (Å²) in [7, 11) is 1.62. The molecular weight excluding hydrogens is 569 g/mol. The van der Waals surface area contributed by atoms with Gasteiger partial charge in [0.1, 0.15) is 17.6 Å².